The third kappa shape index (κ3) is 7.49. The van der Waals surface area contributed by atoms with Gasteiger partial charge in [-0.05, 0) is 43.9 Å². The van der Waals surface area contributed by atoms with Gasteiger partial charge in [0.15, 0.2) is 5.96 Å². The van der Waals surface area contributed by atoms with Gasteiger partial charge in [0.1, 0.15) is 5.76 Å². The molecule has 176 valence electrons. The molecule has 2 aromatic rings. The molecule has 2 fully saturated rings. The third-order valence-electron chi connectivity index (χ3n) is 6.16. The fourth-order valence-corrected chi connectivity index (χ4v) is 4.29. The highest BCUT2D eigenvalue weighted by molar-refractivity contribution is 14.0. The van der Waals surface area contributed by atoms with Gasteiger partial charge in [0.2, 0.25) is 0 Å². The SMILES string of the molecule is Cc1ccc(C2OCCCC2CNC(=NCC2CCOC2)NCCc2ccco2)cc1.I. The van der Waals surface area contributed by atoms with Crippen LogP contribution in [0.2, 0.25) is 0 Å². The molecule has 32 heavy (non-hydrogen) atoms. The van der Waals surface area contributed by atoms with Gasteiger partial charge in [-0.2, -0.15) is 0 Å². The maximum absolute atomic E-state index is 6.19. The zero-order chi connectivity index (χ0) is 21.3. The third-order valence-corrected chi connectivity index (χ3v) is 6.16. The van der Waals surface area contributed by atoms with Gasteiger partial charge in [0, 0.05) is 51.1 Å². The summed E-state index contributed by atoms with van der Waals surface area (Å²) in [5, 5.41) is 7.07. The number of hydrogen-bond donors (Lipinski definition) is 2. The Hall–Kier alpha value is -1.58. The fraction of sp³-hybridized carbons (Fsp3) is 0.560. The van der Waals surface area contributed by atoms with Crippen LogP contribution in [0.3, 0.4) is 0 Å². The summed E-state index contributed by atoms with van der Waals surface area (Å²) in [5.74, 6) is 2.79. The van der Waals surface area contributed by atoms with Crippen molar-refractivity contribution in [3.8, 4) is 0 Å². The molecular formula is C25H36IN3O3. The smallest absolute Gasteiger partial charge is 0.191 e. The molecule has 2 saturated heterocycles. The van der Waals surface area contributed by atoms with Gasteiger partial charge < -0.3 is 24.5 Å². The van der Waals surface area contributed by atoms with E-state index in [4.69, 9.17) is 18.9 Å². The van der Waals surface area contributed by atoms with Crippen LogP contribution in [0.1, 0.15) is 42.3 Å². The zero-order valence-electron chi connectivity index (χ0n) is 18.9. The molecule has 1 aromatic carbocycles. The maximum Gasteiger partial charge on any atom is 0.191 e. The molecule has 0 bridgehead atoms. The number of halogens is 1. The zero-order valence-corrected chi connectivity index (χ0v) is 21.3. The van der Waals surface area contributed by atoms with E-state index < -0.39 is 0 Å². The number of guanidine groups is 1. The van der Waals surface area contributed by atoms with Crippen molar-refractivity contribution in [2.24, 2.45) is 16.8 Å². The fourth-order valence-electron chi connectivity index (χ4n) is 4.29. The Balaban J connectivity index is 0.00000289. The van der Waals surface area contributed by atoms with Gasteiger partial charge in [-0.1, -0.05) is 29.8 Å². The number of furan rings is 1. The Kier molecular flexibility index (Phi) is 10.3. The number of benzene rings is 1. The van der Waals surface area contributed by atoms with Crippen LogP contribution in [-0.4, -0.2) is 45.4 Å². The minimum Gasteiger partial charge on any atom is -0.469 e. The molecule has 0 spiro atoms. The summed E-state index contributed by atoms with van der Waals surface area (Å²) in [6.07, 6.45) is 6.04. The summed E-state index contributed by atoms with van der Waals surface area (Å²) in [6.45, 7) is 7.03. The normalized spacial score (nSPS) is 23.5. The minimum atomic E-state index is 0. The Morgan fingerprint density at radius 1 is 1.09 bits per heavy atom. The van der Waals surface area contributed by atoms with Crippen LogP contribution in [0.5, 0.6) is 0 Å². The molecule has 0 saturated carbocycles. The monoisotopic (exact) mass is 553 g/mol. The summed E-state index contributed by atoms with van der Waals surface area (Å²) in [6, 6.07) is 12.7. The van der Waals surface area contributed by atoms with Gasteiger partial charge in [-0.25, -0.2) is 0 Å². The highest BCUT2D eigenvalue weighted by atomic mass is 127. The number of nitrogens with zero attached hydrogens (tertiary/aromatic N) is 1. The molecule has 3 unspecified atom stereocenters. The number of hydrogen-bond acceptors (Lipinski definition) is 4. The molecule has 6 nitrogen and oxygen atoms in total. The minimum absolute atomic E-state index is 0. The average molecular weight is 553 g/mol. The van der Waals surface area contributed by atoms with E-state index in [9.17, 15) is 0 Å². The van der Waals surface area contributed by atoms with E-state index in [0.717, 1.165) is 76.9 Å². The lowest BCUT2D eigenvalue weighted by atomic mass is 9.89. The van der Waals surface area contributed by atoms with Crippen molar-refractivity contribution in [2.45, 2.75) is 38.7 Å². The maximum atomic E-state index is 6.19. The van der Waals surface area contributed by atoms with E-state index >= 15 is 0 Å². The second-order valence-corrected chi connectivity index (χ2v) is 8.66. The molecular weight excluding hydrogens is 517 g/mol. The van der Waals surface area contributed by atoms with E-state index in [1.165, 1.54) is 11.1 Å². The molecule has 3 heterocycles. The first-order chi connectivity index (χ1) is 15.3. The standard InChI is InChI=1S/C25H35N3O3.HI/c1-19-6-8-21(9-7-19)24-22(4-2-14-31-24)17-28-25(27-16-20-11-15-29-18-20)26-12-10-23-5-3-13-30-23;/h3,5-9,13,20,22,24H,2,4,10-12,14-18H2,1H3,(H2,26,27,28);1H. The first kappa shape index (κ1) is 25.1. The Morgan fingerprint density at radius 3 is 2.72 bits per heavy atom. The lowest BCUT2D eigenvalue weighted by Gasteiger charge is -2.32. The largest absolute Gasteiger partial charge is 0.469 e. The predicted octanol–water partition coefficient (Wildman–Crippen LogP) is 4.49. The van der Waals surface area contributed by atoms with Crippen molar-refractivity contribution in [1.29, 1.82) is 0 Å². The van der Waals surface area contributed by atoms with Crippen LogP contribution in [0.15, 0.2) is 52.1 Å². The average Bonchev–Trinajstić information content (AvgIpc) is 3.50. The second kappa shape index (κ2) is 13.2. The van der Waals surface area contributed by atoms with Gasteiger partial charge in [0.05, 0.1) is 19.0 Å². The Morgan fingerprint density at radius 2 is 1.97 bits per heavy atom. The molecule has 7 heteroatoms. The number of rotatable bonds is 8. The van der Waals surface area contributed by atoms with Crippen molar-refractivity contribution >= 4 is 29.9 Å². The van der Waals surface area contributed by atoms with Crippen LogP contribution in [0, 0.1) is 18.8 Å². The Bertz CT molecular complexity index is 804. The number of nitrogens with one attached hydrogen (secondary N) is 2. The van der Waals surface area contributed by atoms with E-state index in [1.54, 1.807) is 6.26 Å². The molecule has 0 aliphatic carbocycles. The first-order valence-electron chi connectivity index (χ1n) is 11.6. The molecule has 0 radical (unpaired) electrons. The molecule has 4 rings (SSSR count). The number of aryl methyl sites for hydroxylation is 1. The van der Waals surface area contributed by atoms with Gasteiger partial charge >= 0.3 is 0 Å². The predicted molar refractivity (Wildman–Crippen MR) is 138 cm³/mol. The molecule has 3 atom stereocenters. The lowest BCUT2D eigenvalue weighted by molar-refractivity contribution is -0.0265. The van der Waals surface area contributed by atoms with Crippen molar-refractivity contribution in [3.05, 3.63) is 59.5 Å². The van der Waals surface area contributed by atoms with Crippen molar-refractivity contribution in [3.63, 3.8) is 0 Å². The van der Waals surface area contributed by atoms with Crippen molar-refractivity contribution < 1.29 is 13.9 Å². The van der Waals surface area contributed by atoms with Crippen LogP contribution < -0.4 is 10.6 Å². The molecule has 1 aromatic heterocycles. The van der Waals surface area contributed by atoms with Crippen molar-refractivity contribution in [2.75, 3.05) is 39.5 Å². The van der Waals surface area contributed by atoms with E-state index in [0.29, 0.717) is 11.8 Å². The summed E-state index contributed by atoms with van der Waals surface area (Å²) >= 11 is 0. The van der Waals surface area contributed by atoms with E-state index in [-0.39, 0.29) is 30.1 Å². The first-order valence-corrected chi connectivity index (χ1v) is 11.6. The van der Waals surface area contributed by atoms with Crippen LogP contribution in [0.25, 0.3) is 0 Å². The highest BCUT2D eigenvalue weighted by Crippen LogP contribution is 2.33. The van der Waals surface area contributed by atoms with Crippen molar-refractivity contribution in [1.82, 2.24) is 10.6 Å². The topological polar surface area (TPSA) is 68.0 Å². The molecule has 2 N–H and O–H groups in total. The summed E-state index contributed by atoms with van der Waals surface area (Å²) < 4.78 is 17.1. The highest BCUT2D eigenvalue weighted by Gasteiger charge is 2.27. The second-order valence-electron chi connectivity index (χ2n) is 8.66. The van der Waals surface area contributed by atoms with Crippen LogP contribution >= 0.6 is 24.0 Å². The Labute approximate surface area is 208 Å². The van der Waals surface area contributed by atoms with Gasteiger partial charge in [-0.15, -0.1) is 24.0 Å². The van der Waals surface area contributed by atoms with E-state index in [1.807, 2.05) is 12.1 Å². The lowest BCUT2D eigenvalue weighted by Crippen LogP contribution is -2.43. The van der Waals surface area contributed by atoms with Gasteiger partial charge in [0.25, 0.3) is 0 Å². The summed E-state index contributed by atoms with van der Waals surface area (Å²) in [5.41, 5.74) is 2.55. The molecule has 2 aliphatic rings. The molecule has 2 aliphatic heterocycles. The van der Waals surface area contributed by atoms with Crippen LogP contribution in [-0.2, 0) is 15.9 Å². The summed E-state index contributed by atoms with van der Waals surface area (Å²) in [7, 11) is 0. The van der Waals surface area contributed by atoms with Crippen LogP contribution in [0.4, 0.5) is 0 Å². The summed E-state index contributed by atoms with van der Waals surface area (Å²) in [4.78, 5) is 4.86. The van der Waals surface area contributed by atoms with E-state index in [2.05, 4.69) is 41.8 Å². The number of aliphatic imine (C=N–C) groups is 1. The quantitative estimate of drug-likeness (QED) is 0.287. The molecule has 0 amide bonds. The van der Waals surface area contributed by atoms with Gasteiger partial charge in [-0.3, -0.25) is 4.99 Å². The number of ether oxygens (including phenoxy) is 2.